The third-order valence-corrected chi connectivity index (χ3v) is 5.59. The molecular formula is C28H18O4. The van der Waals surface area contributed by atoms with Crippen LogP contribution in [0.4, 0.5) is 0 Å². The van der Waals surface area contributed by atoms with E-state index in [1.54, 1.807) is 72.8 Å². The van der Waals surface area contributed by atoms with Crippen LogP contribution in [0.15, 0.2) is 103 Å². The number of benzene rings is 4. The first-order chi connectivity index (χ1) is 15.6. The molecule has 4 aromatic carbocycles. The Balaban J connectivity index is 1.49. The summed E-state index contributed by atoms with van der Waals surface area (Å²) in [5.41, 5.74) is 4.01. The van der Waals surface area contributed by atoms with E-state index >= 15 is 0 Å². The summed E-state index contributed by atoms with van der Waals surface area (Å²) in [7, 11) is 0. The van der Waals surface area contributed by atoms with Crippen LogP contribution in [-0.2, 0) is 4.74 Å². The molecule has 1 aliphatic carbocycles. The lowest BCUT2D eigenvalue weighted by molar-refractivity contribution is 0.0280. The van der Waals surface area contributed by atoms with Crippen molar-refractivity contribution in [2.45, 2.75) is 6.10 Å². The number of rotatable bonds is 5. The van der Waals surface area contributed by atoms with Crippen LogP contribution in [0.3, 0.4) is 0 Å². The quantitative estimate of drug-likeness (QED) is 0.272. The highest BCUT2D eigenvalue weighted by molar-refractivity contribution is 6.22. The van der Waals surface area contributed by atoms with Gasteiger partial charge in [0.2, 0.25) is 5.78 Å². The number of ether oxygens (including phenoxy) is 1. The van der Waals surface area contributed by atoms with Gasteiger partial charge in [-0.1, -0.05) is 84.9 Å². The largest absolute Gasteiger partial charge is 0.445 e. The standard InChI is InChI=1S/C28H18O4/c29-25(18-9-3-1-4-10-18)27(19-11-5-2-6-12-19)32-28(31)20-15-16-23-24(17-20)21-13-7-8-14-22(21)26(23)30/h1-17,27H. The third kappa shape index (κ3) is 3.42. The van der Waals surface area contributed by atoms with E-state index in [2.05, 4.69) is 0 Å². The van der Waals surface area contributed by atoms with E-state index in [1.807, 2.05) is 30.3 Å². The number of esters is 1. The predicted octanol–water partition coefficient (Wildman–Crippen LogP) is 5.68. The summed E-state index contributed by atoms with van der Waals surface area (Å²) in [6.45, 7) is 0. The molecule has 4 nitrogen and oxygen atoms in total. The molecule has 4 heteroatoms. The Hall–Kier alpha value is -4.31. The highest BCUT2D eigenvalue weighted by Crippen LogP contribution is 2.37. The van der Waals surface area contributed by atoms with Crippen LogP contribution >= 0.6 is 0 Å². The van der Waals surface area contributed by atoms with Crippen LogP contribution in [0.25, 0.3) is 11.1 Å². The summed E-state index contributed by atoms with van der Waals surface area (Å²) in [5, 5.41) is 0. The van der Waals surface area contributed by atoms with E-state index in [-0.39, 0.29) is 17.1 Å². The molecule has 0 N–H and O–H groups in total. The molecule has 4 aromatic rings. The van der Waals surface area contributed by atoms with Crippen molar-refractivity contribution in [2.24, 2.45) is 0 Å². The Labute approximate surface area is 185 Å². The van der Waals surface area contributed by atoms with Crippen molar-refractivity contribution in [1.29, 1.82) is 0 Å². The van der Waals surface area contributed by atoms with E-state index in [0.717, 1.165) is 5.56 Å². The molecule has 0 saturated carbocycles. The minimum Gasteiger partial charge on any atom is -0.445 e. The zero-order valence-corrected chi connectivity index (χ0v) is 17.0. The highest BCUT2D eigenvalue weighted by Gasteiger charge is 2.30. The first kappa shape index (κ1) is 19.6. The molecular weight excluding hydrogens is 400 g/mol. The van der Waals surface area contributed by atoms with Crippen molar-refractivity contribution in [3.63, 3.8) is 0 Å². The van der Waals surface area contributed by atoms with Gasteiger partial charge in [0.05, 0.1) is 5.56 Å². The van der Waals surface area contributed by atoms with Crippen LogP contribution in [0.5, 0.6) is 0 Å². The number of ketones is 2. The minimum atomic E-state index is -1.08. The van der Waals surface area contributed by atoms with Gasteiger partial charge in [-0.2, -0.15) is 0 Å². The summed E-state index contributed by atoms with van der Waals surface area (Å²) >= 11 is 0. The number of Topliss-reactive ketones (excluding diaryl/α,β-unsaturated/α-hetero) is 1. The lowest BCUT2D eigenvalue weighted by atomic mass is 9.99. The van der Waals surface area contributed by atoms with Crippen LogP contribution in [0.1, 0.15) is 48.3 Å². The van der Waals surface area contributed by atoms with Crippen LogP contribution in [0.2, 0.25) is 0 Å². The second kappa shape index (κ2) is 8.08. The molecule has 0 fully saturated rings. The van der Waals surface area contributed by atoms with Crippen molar-refractivity contribution in [3.8, 4) is 11.1 Å². The molecule has 1 aliphatic rings. The van der Waals surface area contributed by atoms with Gasteiger partial charge >= 0.3 is 5.97 Å². The predicted molar refractivity (Wildman–Crippen MR) is 121 cm³/mol. The van der Waals surface area contributed by atoms with Crippen molar-refractivity contribution in [2.75, 3.05) is 0 Å². The Bertz CT molecular complexity index is 1340. The molecule has 0 radical (unpaired) electrons. The molecule has 0 amide bonds. The van der Waals surface area contributed by atoms with Gasteiger partial charge in [0, 0.05) is 22.3 Å². The second-order valence-corrected chi connectivity index (χ2v) is 7.56. The first-order valence-corrected chi connectivity index (χ1v) is 10.3. The lowest BCUT2D eigenvalue weighted by Crippen LogP contribution is -2.20. The fourth-order valence-corrected chi connectivity index (χ4v) is 3.98. The molecule has 1 atom stereocenters. The molecule has 0 aromatic heterocycles. The molecule has 1 unspecified atom stereocenters. The van der Waals surface area contributed by atoms with Gasteiger partial charge in [-0.3, -0.25) is 9.59 Å². The van der Waals surface area contributed by atoms with Gasteiger partial charge in [0.25, 0.3) is 0 Å². The summed E-state index contributed by atoms with van der Waals surface area (Å²) in [6, 6.07) is 29.9. The van der Waals surface area contributed by atoms with E-state index in [9.17, 15) is 14.4 Å². The van der Waals surface area contributed by atoms with E-state index in [0.29, 0.717) is 27.8 Å². The van der Waals surface area contributed by atoms with Gasteiger partial charge < -0.3 is 4.74 Å². The number of fused-ring (bicyclic) bond motifs is 3. The summed E-state index contributed by atoms with van der Waals surface area (Å²) in [6.07, 6.45) is -1.08. The van der Waals surface area contributed by atoms with Crippen LogP contribution in [-0.4, -0.2) is 17.5 Å². The molecule has 0 spiro atoms. The van der Waals surface area contributed by atoms with Gasteiger partial charge in [-0.05, 0) is 29.3 Å². The third-order valence-electron chi connectivity index (χ3n) is 5.59. The minimum absolute atomic E-state index is 0.0584. The maximum absolute atomic E-state index is 13.2. The van der Waals surface area contributed by atoms with E-state index in [4.69, 9.17) is 4.74 Å². The molecule has 5 rings (SSSR count). The number of carbonyl (C=O) groups excluding carboxylic acids is 3. The van der Waals surface area contributed by atoms with E-state index in [1.165, 1.54) is 0 Å². The van der Waals surface area contributed by atoms with E-state index < -0.39 is 12.1 Å². The average Bonchev–Trinajstić information content (AvgIpc) is 3.14. The first-order valence-electron chi connectivity index (χ1n) is 10.3. The monoisotopic (exact) mass is 418 g/mol. The van der Waals surface area contributed by atoms with Gasteiger partial charge in [0.15, 0.2) is 11.9 Å². The molecule has 0 aliphatic heterocycles. The molecule has 154 valence electrons. The summed E-state index contributed by atoms with van der Waals surface area (Å²) in [4.78, 5) is 38.9. The number of carbonyl (C=O) groups is 3. The molecule has 0 heterocycles. The van der Waals surface area contributed by atoms with Gasteiger partial charge in [-0.25, -0.2) is 4.79 Å². The zero-order valence-electron chi connectivity index (χ0n) is 17.0. The molecule has 32 heavy (non-hydrogen) atoms. The lowest BCUT2D eigenvalue weighted by Gasteiger charge is -2.18. The maximum atomic E-state index is 13.2. The van der Waals surface area contributed by atoms with Crippen molar-refractivity contribution in [3.05, 3.63) is 131 Å². The fraction of sp³-hybridized carbons (Fsp3) is 0.0357. The Morgan fingerprint density at radius 2 is 1.19 bits per heavy atom. The smallest absolute Gasteiger partial charge is 0.339 e. The SMILES string of the molecule is O=C(OC(C(=O)c1ccccc1)c1ccccc1)c1ccc2c(c1)-c1ccccc1C2=O. The molecule has 0 bridgehead atoms. The normalized spacial score (nSPS) is 12.6. The van der Waals surface area contributed by atoms with Crippen molar-refractivity contribution >= 4 is 17.5 Å². The fourth-order valence-electron chi connectivity index (χ4n) is 3.98. The Morgan fingerprint density at radius 3 is 1.91 bits per heavy atom. The summed E-state index contributed by atoms with van der Waals surface area (Å²) in [5.74, 6) is -0.980. The average molecular weight is 418 g/mol. The number of hydrogen-bond acceptors (Lipinski definition) is 4. The topological polar surface area (TPSA) is 60.4 Å². The van der Waals surface area contributed by atoms with Crippen molar-refractivity contribution < 1.29 is 19.1 Å². The van der Waals surface area contributed by atoms with Crippen LogP contribution < -0.4 is 0 Å². The van der Waals surface area contributed by atoms with Gasteiger partial charge in [-0.15, -0.1) is 0 Å². The Morgan fingerprint density at radius 1 is 0.594 bits per heavy atom. The second-order valence-electron chi connectivity index (χ2n) is 7.56. The van der Waals surface area contributed by atoms with Crippen molar-refractivity contribution in [1.82, 2.24) is 0 Å². The number of hydrogen-bond donors (Lipinski definition) is 0. The maximum Gasteiger partial charge on any atom is 0.339 e. The van der Waals surface area contributed by atoms with Gasteiger partial charge in [0.1, 0.15) is 0 Å². The Kier molecular flexibility index (Phi) is 4.96. The highest BCUT2D eigenvalue weighted by atomic mass is 16.5. The molecule has 0 saturated heterocycles. The summed E-state index contributed by atoms with van der Waals surface area (Å²) < 4.78 is 5.74. The zero-order chi connectivity index (χ0) is 22.1. The van der Waals surface area contributed by atoms with Crippen LogP contribution in [0, 0.1) is 0 Å².